The van der Waals surface area contributed by atoms with Crippen LogP contribution in [0.5, 0.6) is 0 Å². The number of benzene rings is 3. The fourth-order valence-electron chi connectivity index (χ4n) is 4.02. The van der Waals surface area contributed by atoms with Crippen LogP contribution in [0.25, 0.3) is 33.6 Å². The summed E-state index contributed by atoms with van der Waals surface area (Å²) in [4.78, 5) is 36.9. The second kappa shape index (κ2) is 9.70. The number of fused-ring (bicyclic) bond motifs is 1. The maximum atomic E-state index is 13.7. The summed E-state index contributed by atoms with van der Waals surface area (Å²) in [7, 11) is 0. The molecule has 0 atom stereocenters. The van der Waals surface area contributed by atoms with Crippen LogP contribution >= 0.6 is 0 Å². The smallest absolute Gasteiger partial charge is 0.422 e. The van der Waals surface area contributed by atoms with E-state index < -0.39 is 17.6 Å². The summed E-state index contributed by atoms with van der Waals surface area (Å²) >= 11 is 0. The highest BCUT2D eigenvalue weighted by Gasteiger charge is 2.32. The summed E-state index contributed by atoms with van der Waals surface area (Å²) in [6.45, 7) is 5.25. The van der Waals surface area contributed by atoms with E-state index in [0.29, 0.717) is 28.3 Å². The van der Waals surface area contributed by atoms with Gasteiger partial charge in [0.2, 0.25) is 5.89 Å². The van der Waals surface area contributed by atoms with Gasteiger partial charge in [-0.25, -0.2) is 14.7 Å². The lowest BCUT2D eigenvalue weighted by Gasteiger charge is -2.27. The van der Waals surface area contributed by atoms with Gasteiger partial charge in [-0.2, -0.15) is 0 Å². The van der Waals surface area contributed by atoms with E-state index in [2.05, 4.69) is 9.97 Å². The number of aromatic nitrogens is 2. The van der Waals surface area contributed by atoms with Crippen molar-refractivity contribution in [2.45, 2.75) is 26.4 Å². The third-order valence-corrected chi connectivity index (χ3v) is 5.58. The Bertz CT molecular complexity index is 1570. The maximum absolute atomic E-state index is 13.7. The number of hydrogen-bond donors (Lipinski definition) is 0. The Hall–Kier alpha value is -4.78. The Kier molecular flexibility index (Phi) is 6.27. The largest absolute Gasteiger partial charge is 0.443 e. The van der Waals surface area contributed by atoms with Crippen LogP contribution in [0.15, 0.2) is 102 Å². The fourth-order valence-corrected chi connectivity index (χ4v) is 4.02. The molecule has 0 saturated heterocycles. The monoisotopic (exact) mass is 491 g/mol. The summed E-state index contributed by atoms with van der Waals surface area (Å²) < 4.78 is 11.8. The standard InChI is InChI=1S/C30H25N3O4/c1-30(2,3)37-29(35)33(28(34)23-16-7-8-18-31-23)24-17-10-14-21-13-9-15-22(26(21)24)27-32-19-25(36-27)20-11-5-4-6-12-20/h4-19H,1-3H3. The summed E-state index contributed by atoms with van der Waals surface area (Å²) in [5, 5.41) is 1.43. The van der Waals surface area contributed by atoms with Crippen LogP contribution in [-0.4, -0.2) is 27.6 Å². The zero-order valence-electron chi connectivity index (χ0n) is 20.7. The minimum absolute atomic E-state index is 0.116. The molecule has 0 aliphatic carbocycles. The number of carbonyl (C=O) groups excluding carboxylic acids is 2. The average Bonchev–Trinajstić information content (AvgIpc) is 3.39. The van der Waals surface area contributed by atoms with Gasteiger partial charge in [-0.1, -0.05) is 60.7 Å². The minimum atomic E-state index is -0.819. The number of nitrogens with zero attached hydrogens (tertiary/aromatic N) is 3. The number of hydrogen-bond acceptors (Lipinski definition) is 6. The Morgan fingerprint density at radius 2 is 1.57 bits per heavy atom. The predicted molar refractivity (Wildman–Crippen MR) is 142 cm³/mol. The maximum Gasteiger partial charge on any atom is 0.422 e. The first-order valence-corrected chi connectivity index (χ1v) is 11.8. The average molecular weight is 492 g/mol. The van der Waals surface area contributed by atoms with E-state index in [4.69, 9.17) is 9.15 Å². The lowest BCUT2D eigenvalue weighted by atomic mass is 10.0. The minimum Gasteiger partial charge on any atom is -0.443 e. The van der Waals surface area contributed by atoms with E-state index >= 15 is 0 Å². The molecule has 2 amide bonds. The predicted octanol–water partition coefficient (Wildman–Crippen LogP) is 7.14. The Balaban J connectivity index is 1.69. The van der Waals surface area contributed by atoms with E-state index in [9.17, 15) is 9.59 Å². The first kappa shape index (κ1) is 23.9. The molecular formula is C30H25N3O4. The van der Waals surface area contributed by atoms with Gasteiger partial charge in [0, 0.05) is 22.7 Å². The Morgan fingerprint density at radius 3 is 2.27 bits per heavy atom. The number of carbonyl (C=O) groups is 2. The van der Waals surface area contributed by atoms with Crippen molar-refractivity contribution in [3.63, 3.8) is 0 Å². The zero-order valence-corrected chi connectivity index (χ0v) is 20.7. The number of rotatable bonds is 4. The molecule has 0 fully saturated rings. The van der Waals surface area contributed by atoms with Gasteiger partial charge >= 0.3 is 6.09 Å². The van der Waals surface area contributed by atoms with Crippen molar-refractivity contribution in [1.29, 1.82) is 0 Å². The van der Waals surface area contributed by atoms with Gasteiger partial charge in [0.25, 0.3) is 5.91 Å². The van der Waals surface area contributed by atoms with Crippen molar-refractivity contribution in [2.24, 2.45) is 0 Å². The SMILES string of the molecule is CC(C)(C)OC(=O)N(C(=O)c1ccccn1)c1cccc2cccc(-c3ncc(-c4ccccc4)o3)c12. The van der Waals surface area contributed by atoms with Crippen LogP contribution in [0.4, 0.5) is 10.5 Å². The molecule has 0 unspecified atom stereocenters. The third kappa shape index (κ3) is 4.97. The van der Waals surface area contributed by atoms with E-state index in [1.807, 2.05) is 54.6 Å². The van der Waals surface area contributed by atoms with Gasteiger partial charge in [0.05, 0.1) is 11.9 Å². The van der Waals surface area contributed by atoms with Gasteiger partial charge < -0.3 is 9.15 Å². The molecule has 0 N–H and O–H groups in total. The van der Waals surface area contributed by atoms with E-state index in [0.717, 1.165) is 15.8 Å². The molecule has 0 saturated carbocycles. The number of pyridine rings is 1. The van der Waals surface area contributed by atoms with Crippen LogP contribution in [0.2, 0.25) is 0 Å². The molecule has 3 aromatic carbocycles. The van der Waals surface area contributed by atoms with Crippen molar-refractivity contribution in [3.05, 3.63) is 103 Å². The number of imide groups is 1. The molecule has 0 radical (unpaired) electrons. The van der Waals surface area contributed by atoms with Crippen LogP contribution in [0.3, 0.4) is 0 Å². The van der Waals surface area contributed by atoms with Gasteiger partial charge in [0.1, 0.15) is 11.3 Å². The fraction of sp³-hybridized carbons (Fsp3) is 0.133. The molecule has 37 heavy (non-hydrogen) atoms. The number of anilines is 1. The van der Waals surface area contributed by atoms with Crippen LogP contribution in [0.1, 0.15) is 31.3 Å². The molecule has 0 bridgehead atoms. The molecule has 0 aliphatic heterocycles. The van der Waals surface area contributed by atoms with Gasteiger partial charge in [0.15, 0.2) is 5.76 Å². The third-order valence-electron chi connectivity index (χ3n) is 5.58. The van der Waals surface area contributed by atoms with E-state index in [1.165, 1.54) is 6.20 Å². The van der Waals surface area contributed by atoms with Crippen molar-refractivity contribution in [3.8, 4) is 22.8 Å². The molecule has 0 spiro atoms. The molecule has 2 heterocycles. The Morgan fingerprint density at radius 1 is 0.838 bits per heavy atom. The lowest BCUT2D eigenvalue weighted by Crippen LogP contribution is -2.41. The van der Waals surface area contributed by atoms with Crippen molar-refractivity contribution in [1.82, 2.24) is 9.97 Å². The van der Waals surface area contributed by atoms with Crippen LogP contribution < -0.4 is 4.90 Å². The molecule has 184 valence electrons. The van der Waals surface area contributed by atoms with Gasteiger partial charge in [-0.3, -0.25) is 9.78 Å². The summed E-state index contributed by atoms with van der Waals surface area (Å²) in [5.41, 5.74) is 1.17. The molecule has 0 aliphatic rings. The number of ether oxygens (including phenoxy) is 1. The normalized spacial score (nSPS) is 11.3. The first-order valence-electron chi connectivity index (χ1n) is 11.8. The summed E-state index contributed by atoms with van der Waals surface area (Å²) in [6, 6.07) is 25.7. The van der Waals surface area contributed by atoms with Gasteiger partial charge in [-0.05, 0) is 50.4 Å². The molecule has 2 aromatic heterocycles. The second-order valence-electron chi connectivity index (χ2n) is 9.41. The van der Waals surface area contributed by atoms with Crippen molar-refractivity contribution < 1.29 is 18.7 Å². The van der Waals surface area contributed by atoms with E-state index in [-0.39, 0.29) is 5.69 Å². The number of oxazole rings is 1. The molecule has 7 heteroatoms. The highest BCUT2D eigenvalue weighted by Crippen LogP contribution is 2.38. The lowest BCUT2D eigenvalue weighted by molar-refractivity contribution is 0.0564. The topological polar surface area (TPSA) is 85.5 Å². The van der Waals surface area contributed by atoms with E-state index in [1.54, 1.807) is 57.3 Å². The first-order chi connectivity index (χ1) is 17.8. The van der Waals surface area contributed by atoms with Crippen LogP contribution in [-0.2, 0) is 4.74 Å². The molecule has 5 rings (SSSR count). The zero-order chi connectivity index (χ0) is 26.0. The molecular weight excluding hydrogens is 466 g/mol. The number of amides is 2. The van der Waals surface area contributed by atoms with Crippen molar-refractivity contribution >= 4 is 28.5 Å². The highest BCUT2D eigenvalue weighted by atomic mass is 16.6. The van der Waals surface area contributed by atoms with Crippen LogP contribution in [0, 0.1) is 0 Å². The van der Waals surface area contributed by atoms with Gasteiger partial charge in [-0.15, -0.1) is 0 Å². The molecule has 5 aromatic rings. The second-order valence-corrected chi connectivity index (χ2v) is 9.41. The quantitative estimate of drug-likeness (QED) is 0.266. The Labute approximate surface area is 214 Å². The summed E-state index contributed by atoms with van der Waals surface area (Å²) in [6.07, 6.45) is 2.37. The van der Waals surface area contributed by atoms with Crippen molar-refractivity contribution in [2.75, 3.05) is 4.90 Å². The summed E-state index contributed by atoms with van der Waals surface area (Å²) in [5.74, 6) is 0.375. The molecule has 7 nitrogen and oxygen atoms in total. The highest BCUT2D eigenvalue weighted by molar-refractivity contribution is 6.23.